The number of amides is 2. The van der Waals surface area contributed by atoms with Crippen molar-refractivity contribution in [2.24, 2.45) is 5.92 Å². The molecule has 3 aliphatic rings. The minimum Gasteiger partial charge on any atom is -0.444 e. The van der Waals surface area contributed by atoms with Crippen LogP contribution in [-0.2, 0) is 19.4 Å². The van der Waals surface area contributed by atoms with Crippen molar-refractivity contribution in [1.29, 1.82) is 0 Å². The Morgan fingerprint density at radius 1 is 1.23 bits per heavy atom. The molecule has 0 bridgehead atoms. The fraction of sp³-hybridized carbons (Fsp3) is 0.882. The molecule has 3 fully saturated rings. The number of fused-ring (bicyclic) bond motifs is 1. The molecule has 1 unspecified atom stereocenters. The lowest BCUT2D eigenvalue weighted by Gasteiger charge is -2.35. The van der Waals surface area contributed by atoms with Crippen molar-refractivity contribution in [3.63, 3.8) is 0 Å². The Balaban J connectivity index is 1.82. The van der Waals surface area contributed by atoms with E-state index in [4.69, 9.17) is 4.74 Å². The van der Waals surface area contributed by atoms with Crippen LogP contribution in [0.5, 0.6) is 0 Å². The molecule has 26 heavy (non-hydrogen) atoms. The number of sulfone groups is 1. The highest BCUT2D eigenvalue weighted by molar-refractivity contribution is 7.91. The summed E-state index contributed by atoms with van der Waals surface area (Å²) in [4.78, 5) is 29.7. The molecule has 0 aromatic heterocycles. The number of likely N-dealkylation sites (N-methyl/N-ethyl adjacent to an activating group) is 1. The molecule has 9 heteroatoms. The molecule has 3 heterocycles. The van der Waals surface area contributed by atoms with Gasteiger partial charge in [0.15, 0.2) is 9.84 Å². The van der Waals surface area contributed by atoms with E-state index in [-0.39, 0.29) is 29.9 Å². The van der Waals surface area contributed by atoms with E-state index in [1.54, 1.807) is 25.7 Å². The summed E-state index contributed by atoms with van der Waals surface area (Å²) in [5.41, 5.74) is -2.14. The molecule has 3 rings (SSSR count). The molecule has 3 aliphatic heterocycles. The van der Waals surface area contributed by atoms with Crippen LogP contribution in [0.15, 0.2) is 0 Å². The quantitative estimate of drug-likeness (QED) is 0.729. The van der Waals surface area contributed by atoms with E-state index in [0.29, 0.717) is 12.5 Å². The van der Waals surface area contributed by atoms with Crippen LogP contribution in [0.3, 0.4) is 0 Å². The van der Waals surface area contributed by atoms with Gasteiger partial charge in [0.05, 0.1) is 11.5 Å². The SMILES string of the molecule is CN1C[C@@H]2CCN(C(=O)C3(NC(=O)OC(C)(C)C)CCS(=O)(=O)C3)[C@@H]2C1. The molecule has 2 amide bonds. The number of alkyl carbamates (subject to hydrolysis) is 1. The van der Waals surface area contributed by atoms with Gasteiger partial charge in [0.2, 0.25) is 5.91 Å². The van der Waals surface area contributed by atoms with Gasteiger partial charge in [-0.05, 0) is 46.6 Å². The molecule has 0 aliphatic carbocycles. The molecule has 148 valence electrons. The van der Waals surface area contributed by atoms with Gasteiger partial charge in [-0.2, -0.15) is 0 Å². The number of carbonyl (C=O) groups is 2. The fourth-order valence-electron chi connectivity index (χ4n) is 4.37. The summed E-state index contributed by atoms with van der Waals surface area (Å²) in [5.74, 6) is -0.328. The molecule has 0 aromatic carbocycles. The molecule has 3 atom stereocenters. The van der Waals surface area contributed by atoms with Gasteiger partial charge in [0.25, 0.3) is 0 Å². The molecule has 1 N–H and O–H groups in total. The van der Waals surface area contributed by atoms with E-state index in [9.17, 15) is 18.0 Å². The highest BCUT2D eigenvalue weighted by Crippen LogP contribution is 2.35. The highest BCUT2D eigenvalue weighted by atomic mass is 32.2. The van der Waals surface area contributed by atoms with E-state index in [1.807, 2.05) is 7.05 Å². The van der Waals surface area contributed by atoms with E-state index in [1.165, 1.54) is 0 Å². The third-order valence-corrected chi connectivity index (χ3v) is 7.21. The monoisotopic (exact) mass is 387 g/mol. The van der Waals surface area contributed by atoms with Crippen LogP contribution in [0.25, 0.3) is 0 Å². The van der Waals surface area contributed by atoms with Crippen LogP contribution in [-0.4, -0.2) is 85.6 Å². The molecule has 0 saturated carbocycles. The largest absolute Gasteiger partial charge is 0.444 e. The fourth-order valence-corrected chi connectivity index (χ4v) is 6.26. The van der Waals surface area contributed by atoms with Crippen molar-refractivity contribution >= 4 is 21.8 Å². The van der Waals surface area contributed by atoms with Crippen LogP contribution >= 0.6 is 0 Å². The predicted octanol–water partition coefficient (Wildman–Crippen LogP) is 0.231. The number of carbonyl (C=O) groups excluding carboxylic acids is 2. The Labute approximate surface area is 155 Å². The second-order valence-electron chi connectivity index (χ2n) is 8.89. The van der Waals surface area contributed by atoms with Crippen molar-refractivity contribution in [2.75, 3.05) is 38.2 Å². The minimum atomic E-state index is -3.38. The average Bonchev–Trinajstić information content (AvgIpc) is 3.08. The summed E-state index contributed by atoms with van der Waals surface area (Å²) < 4.78 is 29.6. The topological polar surface area (TPSA) is 96.0 Å². The van der Waals surface area contributed by atoms with Crippen LogP contribution in [0.2, 0.25) is 0 Å². The number of hydrogen-bond donors (Lipinski definition) is 1. The lowest BCUT2D eigenvalue weighted by Crippen LogP contribution is -2.62. The number of likely N-dealkylation sites (tertiary alicyclic amines) is 2. The highest BCUT2D eigenvalue weighted by Gasteiger charge is 2.54. The molecule has 0 spiro atoms. The van der Waals surface area contributed by atoms with Gasteiger partial charge in [-0.15, -0.1) is 0 Å². The summed E-state index contributed by atoms with van der Waals surface area (Å²) in [5, 5.41) is 2.63. The van der Waals surface area contributed by atoms with E-state index in [0.717, 1.165) is 19.5 Å². The zero-order valence-corrected chi connectivity index (χ0v) is 16.8. The Hall–Kier alpha value is -1.35. The summed E-state index contributed by atoms with van der Waals surface area (Å²) in [6.07, 6.45) is 0.259. The zero-order valence-electron chi connectivity index (χ0n) is 15.9. The van der Waals surface area contributed by atoms with E-state index in [2.05, 4.69) is 10.2 Å². The van der Waals surface area contributed by atoms with Crippen LogP contribution in [0, 0.1) is 5.92 Å². The number of nitrogens with one attached hydrogen (secondary N) is 1. The molecule has 0 radical (unpaired) electrons. The summed E-state index contributed by atoms with van der Waals surface area (Å²) in [7, 11) is -1.36. The first-order valence-electron chi connectivity index (χ1n) is 9.12. The molecule has 8 nitrogen and oxygen atoms in total. The second-order valence-corrected chi connectivity index (χ2v) is 11.1. The Kier molecular flexibility index (Phi) is 4.75. The lowest BCUT2D eigenvalue weighted by atomic mass is 9.96. The third kappa shape index (κ3) is 3.83. The Morgan fingerprint density at radius 3 is 2.50 bits per heavy atom. The van der Waals surface area contributed by atoms with Crippen molar-refractivity contribution < 1.29 is 22.7 Å². The van der Waals surface area contributed by atoms with Gasteiger partial charge >= 0.3 is 6.09 Å². The average molecular weight is 388 g/mol. The summed E-state index contributed by atoms with van der Waals surface area (Å²) >= 11 is 0. The number of rotatable bonds is 2. The maximum absolute atomic E-state index is 13.4. The maximum Gasteiger partial charge on any atom is 0.408 e. The lowest BCUT2D eigenvalue weighted by molar-refractivity contribution is -0.138. The number of ether oxygens (including phenoxy) is 1. The predicted molar refractivity (Wildman–Crippen MR) is 96.5 cm³/mol. The first-order valence-corrected chi connectivity index (χ1v) is 10.9. The van der Waals surface area contributed by atoms with Gasteiger partial charge in [-0.1, -0.05) is 0 Å². The van der Waals surface area contributed by atoms with Gasteiger partial charge in [0.1, 0.15) is 11.1 Å². The summed E-state index contributed by atoms with van der Waals surface area (Å²) in [6.45, 7) is 7.52. The van der Waals surface area contributed by atoms with Crippen molar-refractivity contribution in [2.45, 2.75) is 50.8 Å². The molecular formula is C17H29N3O5S. The molecule has 3 saturated heterocycles. The Bertz CT molecular complexity index is 702. The first-order chi connectivity index (χ1) is 11.9. The smallest absolute Gasteiger partial charge is 0.408 e. The van der Waals surface area contributed by atoms with Crippen molar-refractivity contribution in [3.05, 3.63) is 0 Å². The van der Waals surface area contributed by atoms with Crippen molar-refractivity contribution in [3.8, 4) is 0 Å². The van der Waals surface area contributed by atoms with Gasteiger partial charge < -0.3 is 19.9 Å². The van der Waals surface area contributed by atoms with Gasteiger partial charge in [-0.25, -0.2) is 13.2 Å². The normalized spacial score (nSPS) is 33.9. The standard InChI is InChI=1S/C17H29N3O5S/c1-16(2,3)25-15(22)18-17(6-8-26(23,24)11-17)14(21)20-7-5-12-9-19(4)10-13(12)20/h12-13H,5-11H2,1-4H3,(H,18,22)/t12-,13+,17?/m0/s1. The van der Waals surface area contributed by atoms with Crippen LogP contribution in [0.1, 0.15) is 33.6 Å². The third-order valence-electron chi connectivity index (χ3n) is 5.45. The second kappa shape index (κ2) is 6.37. The Morgan fingerprint density at radius 2 is 1.92 bits per heavy atom. The van der Waals surface area contributed by atoms with Crippen LogP contribution < -0.4 is 5.32 Å². The molecular weight excluding hydrogens is 358 g/mol. The van der Waals surface area contributed by atoms with Gasteiger partial charge in [0, 0.05) is 25.7 Å². The zero-order chi connectivity index (χ0) is 19.3. The van der Waals surface area contributed by atoms with E-state index < -0.39 is 27.1 Å². The molecule has 0 aromatic rings. The number of hydrogen-bond acceptors (Lipinski definition) is 6. The minimum absolute atomic E-state index is 0.0908. The maximum atomic E-state index is 13.4. The van der Waals surface area contributed by atoms with Crippen LogP contribution in [0.4, 0.5) is 4.79 Å². The summed E-state index contributed by atoms with van der Waals surface area (Å²) in [6, 6.07) is 0.0908. The van der Waals surface area contributed by atoms with E-state index >= 15 is 0 Å². The van der Waals surface area contributed by atoms with Gasteiger partial charge in [-0.3, -0.25) is 4.79 Å². The van der Waals surface area contributed by atoms with Crippen molar-refractivity contribution in [1.82, 2.24) is 15.1 Å². The number of nitrogens with zero attached hydrogens (tertiary/aromatic N) is 2. The first kappa shape index (κ1) is 19.4.